The van der Waals surface area contributed by atoms with Crippen LogP contribution in [0.15, 0.2) is 30.3 Å². The second-order valence-corrected chi connectivity index (χ2v) is 9.43. The summed E-state index contributed by atoms with van der Waals surface area (Å²) in [5.41, 5.74) is 0.116. The summed E-state index contributed by atoms with van der Waals surface area (Å²) in [6, 6.07) is 8.42. The predicted octanol–water partition coefficient (Wildman–Crippen LogP) is 4.38. The number of rotatable bonds is 10. The molecule has 1 amide bonds. The van der Waals surface area contributed by atoms with Crippen molar-refractivity contribution in [3.8, 4) is 0 Å². The SMILES string of the molecule is CCOP(=O)(OCC)[C@H]([C@H](C)NC(=O)OC(C)(C)C)N(O)Cc1ccccc1. The Morgan fingerprint density at radius 3 is 2.18 bits per heavy atom. The summed E-state index contributed by atoms with van der Waals surface area (Å²) in [5.74, 6) is -1.12. The average molecular weight is 416 g/mol. The van der Waals surface area contributed by atoms with Crippen molar-refractivity contribution in [3.05, 3.63) is 35.9 Å². The van der Waals surface area contributed by atoms with E-state index in [4.69, 9.17) is 13.8 Å². The third kappa shape index (κ3) is 7.89. The Kier molecular flexibility index (Phi) is 9.60. The smallest absolute Gasteiger partial charge is 0.407 e. The number of amides is 1. The molecule has 9 heteroatoms. The molecule has 1 rings (SSSR count). The molecule has 28 heavy (non-hydrogen) atoms. The van der Waals surface area contributed by atoms with Crippen molar-refractivity contribution >= 4 is 13.7 Å². The lowest BCUT2D eigenvalue weighted by molar-refractivity contribution is -0.125. The van der Waals surface area contributed by atoms with Gasteiger partial charge in [-0.1, -0.05) is 30.3 Å². The van der Waals surface area contributed by atoms with Gasteiger partial charge in [0.1, 0.15) is 5.60 Å². The zero-order valence-corrected chi connectivity index (χ0v) is 18.4. The van der Waals surface area contributed by atoms with Crippen LogP contribution >= 0.6 is 7.60 Å². The van der Waals surface area contributed by atoms with Crippen LogP contribution in [0.25, 0.3) is 0 Å². The monoisotopic (exact) mass is 416 g/mol. The van der Waals surface area contributed by atoms with Crippen LogP contribution in [0.3, 0.4) is 0 Å². The molecule has 0 aliphatic rings. The number of nitrogens with one attached hydrogen (secondary N) is 1. The zero-order chi connectivity index (χ0) is 21.4. The van der Waals surface area contributed by atoms with E-state index >= 15 is 0 Å². The molecule has 0 spiro atoms. The van der Waals surface area contributed by atoms with Gasteiger partial charge in [-0.3, -0.25) is 4.57 Å². The maximum atomic E-state index is 13.4. The average Bonchev–Trinajstić information content (AvgIpc) is 2.54. The van der Waals surface area contributed by atoms with Gasteiger partial charge in [0.15, 0.2) is 5.78 Å². The zero-order valence-electron chi connectivity index (χ0n) is 17.5. The molecule has 0 unspecified atom stereocenters. The fraction of sp³-hybridized carbons (Fsp3) is 0.632. The van der Waals surface area contributed by atoms with Gasteiger partial charge in [0, 0.05) is 6.54 Å². The van der Waals surface area contributed by atoms with Crippen molar-refractivity contribution in [2.24, 2.45) is 0 Å². The number of alkyl carbamates (subject to hydrolysis) is 1. The highest BCUT2D eigenvalue weighted by molar-refractivity contribution is 7.54. The van der Waals surface area contributed by atoms with Crippen LogP contribution in [-0.2, 0) is 24.9 Å². The second-order valence-electron chi connectivity index (χ2n) is 7.31. The highest BCUT2D eigenvalue weighted by Gasteiger charge is 2.44. The molecule has 160 valence electrons. The third-order valence-corrected chi connectivity index (χ3v) is 6.22. The summed E-state index contributed by atoms with van der Waals surface area (Å²) in [5, 5.41) is 14.3. The maximum absolute atomic E-state index is 13.4. The fourth-order valence-electron chi connectivity index (χ4n) is 2.68. The molecule has 8 nitrogen and oxygen atoms in total. The Hall–Kier alpha value is -1.44. The van der Waals surface area contributed by atoms with Gasteiger partial charge in [-0.2, -0.15) is 5.06 Å². The van der Waals surface area contributed by atoms with Crippen LogP contribution in [0.4, 0.5) is 4.79 Å². The minimum Gasteiger partial charge on any atom is -0.444 e. The highest BCUT2D eigenvalue weighted by atomic mass is 31.2. The number of hydrogen-bond acceptors (Lipinski definition) is 7. The topological polar surface area (TPSA) is 97.3 Å². The van der Waals surface area contributed by atoms with Gasteiger partial charge < -0.3 is 24.3 Å². The molecule has 0 saturated heterocycles. The van der Waals surface area contributed by atoms with Crippen LogP contribution in [0, 0.1) is 0 Å². The van der Waals surface area contributed by atoms with Gasteiger partial charge in [0.05, 0.1) is 19.3 Å². The standard InChI is InChI=1S/C19H33N2O6P/c1-7-25-28(24,26-8-2)17(15(3)20-18(22)27-19(4,5)6)21(23)14-16-12-10-9-11-13-16/h9-13,15,17,23H,7-8,14H2,1-6H3,(H,20,22)/t15-,17+/m0/s1. The Morgan fingerprint density at radius 1 is 1.18 bits per heavy atom. The number of carbonyl (C=O) groups is 1. The first kappa shape index (κ1) is 24.6. The van der Waals surface area contributed by atoms with Crippen molar-refractivity contribution in [1.82, 2.24) is 10.4 Å². The molecule has 1 aromatic rings. The summed E-state index contributed by atoms with van der Waals surface area (Å²) < 4.78 is 29.6. The van der Waals surface area contributed by atoms with Gasteiger partial charge in [-0.25, -0.2) is 4.79 Å². The number of hydroxylamine groups is 2. The summed E-state index contributed by atoms with van der Waals surface area (Å²) in [6.45, 7) is 10.6. The Balaban J connectivity index is 3.11. The minimum atomic E-state index is -3.78. The van der Waals surface area contributed by atoms with E-state index < -0.39 is 31.1 Å². The molecule has 0 fully saturated rings. The highest BCUT2D eigenvalue weighted by Crippen LogP contribution is 2.55. The quantitative estimate of drug-likeness (QED) is 0.431. The van der Waals surface area contributed by atoms with E-state index in [2.05, 4.69) is 5.32 Å². The van der Waals surface area contributed by atoms with E-state index in [0.29, 0.717) is 0 Å². The molecule has 0 heterocycles. The number of hydrogen-bond donors (Lipinski definition) is 2. The van der Waals surface area contributed by atoms with Gasteiger partial charge in [0.2, 0.25) is 0 Å². The lowest BCUT2D eigenvalue weighted by atomic mass is 10.2. The van der Waals surface area contributed by atoms with E-state index in [0.717, 1.165) is 10.6 Å². The summed E-state index contributed by atoms with van der Waals surface area (Å²) in [6.07, 6.45) is -0.683. The largest absolute Gasteiger partial charge is 0.444 e. The second kappa shape index (κ2) is 10.9. The van der Waals surface area contributed by atoms with Gasteiger partial charge in [-0.05, 0) is 47.1 Å². The molecule has 0 bridgehead atoms. The van der Waals surface area contributed by atoms with Gasteiger partial charge in [-0.15, -0.1) is 0 Å². The van der Waals surface area contributed by atoms with Crippen molar-refractivity contribution in [2.75, 3.05) is 13.2 Å². The van der Waals surface area contributed by atoms with Crippen molar-refractivity contribution < 1.29 is 28.4 Å². The summed E-state index contributed by atoms with van der Waals surface area (Å²) in [4.78, 5) is 12.2. The van der Waals surface area contributed by atoms with Crippen LogP contribution in [0.5, 0.6) is 0 Å². The van der Waals surface area contributed by atoms with Crippen LogP contribution in [0.2, 0.25) is 0 Å². The van der Waals surface area contributed by atoms with Gasteiger partial charge in [0.25, 0.3) is 0 Å². The predicted molar refractivity (Wildman–Crippen MR) is 107 cm³/mol. The van der Waals surface area contributed by atoms with Crippen molar-refractivity contribution in [1.29, 1.82) is 0 Å². The normalized spacial score (nSPS) is 14.6. The number of benzene rings is 1. The molecule has 0 aliphatic carbocycles. The van der Waals surface area contributed by atoms with E-state index in [1.807, 2.05) is 30.3 Å². The Bertz CT molecular complexity index is 640. The van der Waals surface area contributed by atoms with E-state index in [-0.39, 0.29) is 19.8 Å². The van der Waals surface area contributed by atoms with Crippen molar-refractivity contribution in [3.63, 3.8) is 0 Å². The minimum absolute atomic E-state index is 0.0793. The summed E-state index contributed by atoms with van der Waals surface area (Å²) in [7, 11) is -3.78. The molecule has 1 aromatic carbocycles. The number of carbonyl (C=O) groups excluding carboxylic acids is 1. The third-order valence-electron chi connectivity index (χ3n) is 3.63. The Morgan fingerprint density at radius 2 is 1.71 bits per heavy atom. The van der Waals surface area contributed by atoms with E-state index in [1.54, 1.807) is 41.5 Å². The van der Waals surface area contributed by atoms with E-state index in [9.17, 15) is 14.6 Å². The lowest BCUT2D eigenvalue weighted by Gasteiger charge is -2.36. The molecule has 0 aromatic heterocycles. The van der Waals surface area contributed by atoms with Crippen LogP contribution in [0.1, 0.15) is 47.1 Å². The number of ether oxygens (including phenoxy) is 1. The molecular formula is C19H33N2O6P. The lowest BCUT2D eigenvalue weighted by Crippen LogP contribution is -2.50. The van der Waals surface area contributed by atoms with Crippen LogP contribution < -0.4 is 5.32 Å². The van der Waals surface area contributed by atoms with Crippen LogP contribution in [-0.4, -0.2) is 47.0 Å². The first-order valence-electron chi connectivity index (χ1n) is 9.40. The fourth-order valence-corrected chi connectivity index (χ4v) is 4.81. The molecule has 2 atom stereocenters. The first-order chi connectivity index (χ1) is 13.0. The molecular weight excluding hydrogens is 383 g/mol. The molecule has 0 saturated carbocycles. The maximum Gasteiger partial charge on any atom is 0.407 e. The van der Waals surface area contributed by atoms with Crippen molar-refractivity contribution in [2.45, 2.75) is 65.5 Å². The number of nitrogens with zero attached hydrogens (tertiary/aromatic N) is 1. The molecule has 0 radical (unpaired) electrons. The molecule has 2 N–H and O–H groups in total. The Labute approximate surface area is 167 Å². The first-order valence-corrected chi connectivity index (χ1v) is 11.0. The molecule has 0 aliphatic heterocycles. The summed E-state index contributed by atoms with van der Waals surface area (Å²) >= 11 is 0. The van der Waals surface area contributed by atoms with E-state index in [1.165, 1.54) is 0 Å². The van der Waals surface area contributed by atoms with Gasteiger partial charge >= 0.3 is 13.7 Å².